The number of hydrogen-bond acceptors (Lipinski definition) is 2. The molecule has 1 saturated carbocycles. The number of hydrogen-bond donors (Lipinski definition) is 0. The summed E-state index contributed by atoms with van der Waals surface area (Å²) in [4.78, 5) is 6.76. The van der Waals surface area contributed by atoms with Crippen molar-refractivity contribution in [1.29, 1.82) is 0 Å². The number of allylic oxidation sites excluding steroid dienone is 1. The number of aliphatic imine (C=N–C) groups is 1. The zero-order valence-electron chi connectivity index (χ0n) is 8.37. The second-order valence-corrected chi connectivity index (χ2v) is 4.13. The molecule has 72 valence electrons. The lowest BCUT2D eigenvalue weighted by Gasteiger charge is -2.33. The number of nitrogens with zero attached hydrogens (tertiary/aromatic N) is 2. The van der Waals surface area contributed by atoms with Gasteiger partial charge in [-0.3, -0.25) is 4.99 Å². The van der Waals surface area contributed by atoms with Gasteiger partial charge < -0.3 is 4.90 Å². The van der Waals surface area contributed by atoms with Crippen LogP contribution in [0.5, 0.6) is 0 Å². The molecule has 0 amide bonds. The molecule has 2 rings (SSSR count). The Morgan fingerprint density at radius 1 is 1.31 bits per heavy atom. The summed E-state index contributed by atoms with van der Waals surface area (Å²) >= 11 is 0. The highest BCUT2D eigenvalue weighted by atomic mass is 15.2. The third-order valence-corrected chi connectivity index (χ3v) is 2.95. The topological polar surface area (TPSA) is 15.6 Å². The zero-order chi connectivity index (χ0) is 9.10. The summed E-state index contributed by atoms with van der Waals surface area (Å²) in [7, 11) is 0. The van der Waals surface area contributed by atoms with Gasteiger partial charge in [-0.25, -0.2) is 0 Å². The molecule has 1 heterocycles. The fourth-order valence-electron chi connectivity index (χ4n) is 2.25. The molecule has 0 bridgehead atoms. The van der Waals surface area contributed by atoms with Crippen LogP contribution in [0.4, 0.5) is 0 Å². The van der Waals surface area contributed by atoms with Crippen molar-refractivity contribution in [2.45, 2.75) is 45.1 Å². The van der Waals surface area contributed by atoms with Gasteiger partial charge in [-0.15, -0.1) is 0 Å². The molecule has 2 heteroatoms. The van der Waals surface area contributed by atoms with Gasteiger partial charge in [0.25, 0.3) is 0 Å². The van der Waals surface area contributed by atoms with Gasteiger partial charge in [-0.2, -0.15) is 0 Å². The smallest absolute Gasteiger partial charge is 0.110 e. The monoisotopic (exact) mass is 178 g/mol. The van der Waals surface area contributed by atoms with Crippen molar-refractivity contribution >= 4 is 6.21 Å². The summed E-state index contributed by atoms with van der Waals surface area (Å²) in [6, 6.07) is 0.765. The first-order chi connectivity index (χ1) is 6.36. The number of rotatable bonds is 1. The molecular weight excluding hydrogens is 160 g/mol. The Balaban J connectivity index is 1.96. The summed E-state index contributed by atoms with van der Waals surface area (Å²) in [6.07, 6.45) is 11.2. The summed E-state index contributed by atoms with van der Waals surface area (Å²) in [6.45, 7) is 3.00. The molecule has 2 aliphatic rings. The summed E-state index contributed by atoms with van der Waals surface area (Å²) in [5.41, 5.74) is 1.29. The van der Waals surface area contributed by atoms with Crippen molar-refractivity contribution in [3.63, 3.8) is 0 Å². The molecule has 0 aromatic carbocycles. The molecule has 0 radical (unpaired) electrons. The summed E-state index contributed by atoms with van der Waals surface area (Å²) < 4.78 is 0. The Morgan fingerprint density at radius 3 is 2.77 bits per heavy atom. The molecule has 13 heavy (non-hydrogen) atoms. The van der Waals surface area contributed by atoms with Gasteiger partial charge in [0, 0.05) is 18.5 Å². The van der Waals surface area contributed by atoms with E-state index in [4.69, 9.17) is 0 Å². The van der Waals surface area contributed by atoms with Crippen molar-refractivity contribution in [3.8, 4) is 0 Å². The summed E-state index contributed by atoms with van der Waals surface area (Å²) in [5, 5.41) is 0. The molecule has 2 nitrogen and oxygen atoms in total. The normalized spacial score (nSPS) is 24.7. The Bertz CT molecular complexity index is 224. The maximum absolute atomic E-state index is 4.35. The Hall–Kier alpha value is -0.790. The summed E-state index contributed by atoms with van der Waals surface area (Å²) in [5.74, 6) is 0. The van der Waals surface area contributed by atoms with E-state index in [2.05, 4.69) is 23.0 Å². The van der Waals surface area contributed by atoms with Crippen molar-refractivity contribution in [2.24, 2.45) is 4.99 Å². The minimum atomic E-state index is 0.765. The molecule has 0 saturated heterocycles. The van der Waals surface area contributed by atoms with Gasteiger partial charge in [0.05, 0.1) is 0 Å². The van der Waals surface area contributed by atoms with Gasteiger partial charge in [0.15, 0.2) is 0 Å². The predicted molar refractivity (Wildman–Crippen MR) is 55.8 cm³/mol. The Morgan fingerprint density at radius 2 is 2.08 bits per heavy atom. The highest BCUT2D eigenvalue weighted by Gasteiger charge is 2.19. The first-order valence-electron chi connectivity index (χ1n) is 5.30. The van der Waals surface area contributed by atoms with Gasteiger partial charge in [-0.1, -0.05) is 19.3 Å². The van der Waals surface area contributed by atoms with E-state index in [-0.39, 0.29) is 0 Å². The average molecular weight is 178 g/mol. The molecule has 0 aromatic heterocycles. The third kappa shape index (κ3) is 2.11. The highest BCUT2D eigenvalue weighted by molar-refractivity contribution is 5.78. The molecule has 1 aliphatic heterocycles. The first kappa shape index (κ1) is 8.79. The van der Waals surface area contributed by atoms with Crippen molar-refractivity contribution in [2.75, 3.05) is 6.67 Å². The minimum Gasteiger partial charge on any atom is -0.355 e. The quantitative estimate of drug-likeness (QED) is 0.602. The zero-order valence-corrected chi connectivity index (χ0v) is 8.37. The van der Waals surface area contributed by atoms with Crippen LogP contribution in [0.25, 0.3) is 0 Å². The van der Waals surface area contributed by atoms with Gasteiger partial charge in [0.2, 0.25) is 0 Å². The Labute approximate surface area is 80.3 Å². The highest BCUT2D eigenvalue weighted by Crippen LogP contribution is 2.23. The fourth-order valence-corrected chi connectivity index (χ4v) is 2.25. The van der Waals surface area contributed by atoms with E-state index in [1.54, 1.807) is 0 Å². The molecule has 0 spiro atoms. The predicted octanol–water partition coefficient (Wildman–Crippen LogP) is 2.57. The van der Waals surface area contributed by atoms with Crippen LogP contribution in [-0.4, -0.2) is 23.8 Å². The van der Waals surface area contributed by atoms with Crippen molar-refractivity contribution < 1.29 is 0 Å². The maximum Gasteiger partial charge on any atom is 0.110 e. The third-order valence-electron chi connectivity index (χ3n) is 2.95. The minimum absolute atomic E-state index is 0.765. The molecular formula is C11H18N2. The van der Waals surface area contributed by atoms with Crippen LogP contribution in [0, 0.1) is 0 Å². The van der Waals surface area contributed by atoms with Gasteiger partial charge >= 0.3 is 0 Å². The van der Waals surface area contributed by atoms with E-state index < -0.39 is 0 Å². The maximum atomic E-state index is 4.35. The standard InChI is InChI=1S/C11H18N2/c1-10-7-12-9-13(8-10)11-5-3-2-4-6-11/h7-8,11H,2-6,9H2,1H3. The molecule has 0 unspecified atom stereocenters. The largest absolute Gasteiger partial charge is 0.355 e. The second kappa shape index (κ2) is 3.95. The van der Waals surface area contributed by atoms with Crippen molar-refractivity contribution in [3.05, 3.63) is 11.8 Å². The van der Waals surface area contributed by atoms with Crippen LogP contribution in [0.15, 0.2) is 16.8 Å². The molecule has 1 fully saturated rings. The lowest BCUT2D eigenvalue weighted by Crippen LogP contribution is -2.34. The Kier molecular flexibility index (Phi) is 2.67. The van der Waals surface area contributed by atoms with E-state index >= 15 is 0 Å². The van der Waals surface area contributed by atoms with Crippen LogP contribution < -0.4 is 0 Å². The lowest BCUT2D eigenvalue weighted by molar-refractivity contribution is 0.220. The van der Waals surface area contributed by atoms with Crippen molar-refractivity contribution in [1.82, 2.24) is 4.90 Å². The van der Waals surface area contributed by atoms with E-state index in [9.17, 15) is 0 Å². The van der Waals surface area contributed by atoms with E-state index in [0.717, 1.165) is 12.7 Å². The molecule has 0 N–H and O–H groups in total. The second-order valence-electron chi connectivity index (χ2n) is 4.13. The average Bonchev–Trinajstić information content (AvgIpc) is 2.19. The van der Waals surface area contributed by atoms with E-state index in [0.29, 0.717) is 0 Å². The first-order valence-corrected chi connectivity index (χ1v) is 5.30. The SMILES string of the molecule is CC1=CN(C2CCCCC2)CN=C1. The van der Waals surface area contributed by atoms with Gasteiger partial charge in [0.1, 0.15) is 6.67 Å². The van der Waals surface area contributed by atoms with E-state index in [1.165, 1.54) is 37.7 Å². The van der Waals surface area contributed by atoms with Crippen LogP contribution in [-0.2, 0) is 0 Å². The fraction of sp³-hybridized carbons (Fsp3) is 0.727. The molecule has 1 aliphatic carbocycles. The van der Waals surface area contributed by atoms with Crippen LogP contribution >= 0.6 is 0 Å². The molecule has 0 aromatic rings. The molecule has 0 atom stereocenters. The van der Waals surface area contributed by atoms with Crippen LogP contribution in [0.2, 0.25) is 0 Å². The van der Waals surface area contributed by atoms with E-state index in [1.807, 2.05) is 6.21 Å². The lowest BCUT2D eigenvalue weighted by atomic mass is 9.94. The van der Waals surface area contributed by atoms with Crippen LogP contribution in [0.1, 0.15) is 39.0 Å². The van der Waals surface area contributed by atoms with Gasteiger partial charge in [-0.05, 0) is 25.3 Å². The van der Waals surface area contributed by atoms with Crippen LogP contribution in [0.3, 0.4) is 0 Å².